The summed E-state index contributed by atoms with van der Waals surface area (Å²) in [6.45, 7) is 6.27. The van der Waals surface area contributed by atoms with Gasteiger partial charge in [0.25, 0.3) is 0 Å². The van der Waals surface area contributed by atoms with Crippen molar-refractivity contribution in [2.45, 2.75) is 63.5 Å². The topological polar surface area (TPSA) is 70.7 Å². The minimum Gasteiger partial charge on any atom is -0.356 e. The van der Waals surface area contributed by atoms with Crippen LogP contribution in [0.2, 0.25) is 0 Å². The van der Waals surface area contributed by atoms with Gasteiger partial charge in [0.15, 0.2) is 0 Å². The Kier molecular flexibility index (Phi) is 16.0. The van der Waals surface area contributed by atoms with E-state index in [1.165, 1.54) is 0 Å². The zero-order valence-corrected chi connectivity index (χ0v) is 19.4. The van der Waals surface area contributed by atoms with E-state index in [9.17, 15) is 9.59 Å². The molecule has 2 N–H and O–H groups in total. The van der Waals surface area contributed by atoms with Gasteiger partial charge in [-0.25, -0.2) is 0 Å². The lowest BCUT2D eigenvalue weighted by molar-refractivity contribution is -0.122. The van der Waals surface area contributed by atoms with Gasteiger partial charge in [-0.3, -0.25) is 14.4 Å². The van der Waals surface area contributed by atoms with Gasteiger partial charge in [-0.15, -0.1) is 0 Å². The number of carbonyl (C=O) groups excluding carboxylic acids is 2. The lowest BCUT2D eigenvalue weighted by atomic mass is 10.2. The molecule has 0 bridgehead atoms. The molecule has 1 unspecified atom stereocenters. The van der Waals surface area contributed by atoms with Crippen molar-refractivity contribution in [2.75, 3.05) is 33.8 Å². The number of rotatable bonds is 16. The lowest BCUT2D eigenvalue weighted by Gasteiger charge is -2.22. The largest absolute Gasteiger partial charge is 0.356 e. The first-order chi connectivity index (χ1) is 12.3. The standard InChI is InChI=1S/C17H36N3O3PS2/c1-17(2,25-26-24)14-19-16(22)11-9-10-15(21)18-12-7-5-6-8-13-23-20(3)4/h5-14,24H2,1-4H3,(H,18,21)(H,19,22). The van der Waals surface area contributed by atoms with Crippen LogP contribution in [0.4, 0.5) is 0 Å². The molecule has 9 heteroatoms. The Morgan fingerprint density at radius 3 is 2.23 bits per heavy atom. The average molecular weight is 426 g/mol. The fourth-order valence-corrected chi connectivity index (χ4v) is 5.81. The molecule has 0 aliphatic heterocycles. The predicted octanol–water partition coefficient (Wildman–Crippen LogP) is 3.39. The molecule has 0 aromatic carbocycles. The predicted molar refractivity (Wildman–Crippen MR) is 117 cm³/mol. The van der Waals surface area contributed by atoms with Crippen molar-refractivity contribution in [2.24, 2.45) is 0 Å². The minimum atomic E-state index is -0.00195. The highest BCUT2D eigenvalue weighted by Crippen LogP contribution is 2.39. The summed E-state index contributed by atoms with van der Waals surface area (Å²) in [6, 6.07) is 0. The second-order valence-corrected chi connectivity index (χ2v) is 11.3. The summed E-state index contributed by atoms with van der Waals surface area (Å²) in [6.07, 6.45) is 5.60. The number of hydrogen-bond donors (Lipinski definition) is 2. The number of nitrogens with zero attached hydrogens (tertiary/aromatic N) is 1. The number of hydrogen-bond acceptors (Lipinski definition) is 6. The molecular weight excluding hydrogens is 389 g/mol. The molecule has 0 spiro atoms. The van der Waals surface area contributed by atoms with E-state index < -0.39 is 0 Å². The van der Waals surface area contributed by atoms with Gasteiger partial charge in [-0.05, 0) is 33.1 Å². The highest BCUT2D eigenvalue weighted by Gasteiger charge is 2.19. The third kappa shape index (κ3) is 17.4. The molecule has 0 aliphatic carbocycles. The summed E-state index contributed by atoms with van der Waals surface area (Å²) in [5, 5.41) is 7.57. The Labute approximate surface area is 169 Å². The molecule has 6 nitrogen and oxygen atoms in total. The van der Waals surface area contributed by atoms with Gasteiger partial charge < -0.3 is 10.6 Å². The van der Waals surface area contributed by atoms with E-state index in [0.29, 0.717) is 32.4 Å². The van der Waals surface area contributed by atoms with Crippen molar-refractivity contribution in [3.63, 3.8) is 0 Å². The van der Waals surface area contributed by atoms with Gasteiger partial charge in [0.2, 0.25) is 11.8 Å². The van der Waals surface area contributed by atoms with Gasteiger partial charge in [0.05, 0.1) is 6.61 Å². The Morgan fingerprint density at radius 1 is 1.00 bits per heavy atom. The van der Waals surface area contributed by atoms with Crippen molar-refractivity contribution in [3.05, 3.63) is 0 Å². The van der Waals surface area contributed by atoms with Crippen LogP contribution in [-0.4, -0.2) is 55.4 Å². The highest BCUT2D eigenvalue weighted by molar-refractivity contribution is 8.94. The zero-order chi connectivity index (χ0) is 19.8. The zero-order valence-electron chi connectivity index (χ0n) is 16.6. The maximum Gasteiger partial charge on any atom is 0.220 e. The third-order valence-corrected chi connectivity index (χ3v) is 6.74. The average Bonchev–Trinajstić information content (AvgIpc) is 2.55. The van der Waals surface area contributed by atoms with Crippen LogP contribution in [0.25, 0.3) is 0 Å². The number of unbranched alkanes of at least 4 members (excludes halogenated alkanes) is 3. The van der Waals surface area contributed by atoms with Crippen molar-refractivity contribution < 1.29 is 14.4 Å². The Balaban J connectivity index is 3.52. The quantitative estimate of drug-likeness (QED) is 0.171. The highest BCUT2D eigenvalue weighted by atomic mass is 33.3. The van der Waals surface area contributed by atoms with Crippen molar-refractivity contribution in [3.8, 4) is 0 Å². The molecule has 0 aliphatic rings. The van der Waals surface area contributed by atoms with E-state index >= 15 is 0 Å². The minimum absolute atomic E-state index is 0.00195. The van der Waals surface area contributed by atoms with Gasteiger partial charge >= 0.3 is 0 Å². The van der Waals surface area contributed by atoms with Crippen molar-refractivity contribution in [1.29, 1.82) is 0 Å². The summed E-state index contributed by atoms with van der Waals surface area (Å²) in [5.41, 5.74) is 0. The molecule has 0 aromatic heterocycles. The van der Waals surface area contributed by atoms with Crippen LogP contribution in [0.5, 0.6) is 0 Å². The SMILES string of the molecule is CN(C)OCCCCCCNC(=O)CCCC(=O)NCC(C)(C)SSP. The first-order valence-corrected chi connectivity index (χ1v) is 12.8. The summed E-state index contributed by atoms with van der Waals surface area (Å²) in [7, 11) is 9.69. The molecule has 0 aromatic rings. The monoisotopic (exact) mass is 425 g/mol. The number of carbonyl (C=O) groups is 2. The van der Waals surface area contributed by atoms with E-state index in [1.54, 1.807) is 26.3 Å². The molecule has 0 heterocycles. The molecule has 0 saturated carbocycles. The van der Waals surface area contributed by atoms with Crippen LogP contribution >= 0.6 is 29.6 Å². The summed E-state index contributed by atoms with van der Waals surface area (Å²) < 4.78 is -0.00195. The van der Waals surface area contributed by atoms with Crippen molar-refractivity contribution >= 4 is 41.5 Å². The van der Waals surface area contributed by atoms with Crippen molar-refractivity contribution in [1.82, 2.24) is 15.7 Å². The van der Waals surface area contributed by atoms with Crippen LogP contribution in [-0.2, 0) is 14.4 Å². The van der Waals surface area contributed by atoms with Crippen LogP contribution in [0, 0.1) is 0 Å². The fourth-order valence-electron chi connectivity index (χ4n) is 2.11. The van der Waals surface area contributed by atoms with E-state index in [4.69, 9.17) is 4.84 Å². The number of amides is 2. The summed E-state index contributed by atoms with van der Waals surface area (Å²) in [4.78, 5) is 28.9. The van der Waals surface area contributed by atoms with Gasteiger partial charge in [-0.1, -0.05) is 42.5 Å². The van der Waals surface area contributed by atoms with Gasteiger partial charge in [0, 0.05) is 44.8 Å². The first kappa shape index (κ1) is 26.0. The molecule has 1 atom stereocenters. The number of nitrogens with one attached hydrogen (secondary N) is 2. The second-order valence-electron chi connectivity index (χ2n) is 6.98. The normalized spacial score (nSPS) is 11.6. The number of hydroxylamine groups is 2. The van der Waals surface area contributed by atoms with Crippen LogP contribution in [0.15, 0.2) is 0 Å². The second kappa shape index (κ2) is 16.0. The summed E-state index contributed by atoms with van der Waals surface area (Å²) >= 11 is 0. The van der Waals surface area contributed by atoms with E-state index in [2.05, 4.69) is 32.9 Å². The van der Waals surface area contributed by atoms with E-state index in [-0.39, 0.29) is 16.6 Å². The molecule has 26 heavy (non-hydrogen) atoms. The van der Waals surface area contributed by atoms with E-state index in [1.807, 2.05) is 14.1 Å². The van der Waals surface area contributed by atoms with Crippen LogP contribution in [0.1, 0.15) is 58.8 Å². The fraction of sp³-hybridized carbons (Fsp3) is 0.882. The molecule has 0 radical (unpaired) electrons. The molecule has 0 saturated heterocycles. The maximum absolute atomic E-state index is 11.8. The lowest BCUT2D eigenvalue weighted by Crippen LogP contribution is -2.35. The summed E-state index contributed by atoms with van der Waals surface area (Å²) in [5.74, 6) is 0.0456. The van der Waals surface area contributed by atoms with Crippen LogP contribution in [0.3, 0.4) is 0 Å². The van der Waals surface area contributed by atoms with Gasteiger partial charge in [-0.2, -0.15) is 5.06 Å². The third-order valence-electron chi connectivity index (χ3n) is 3.54. The maximum atomic E-state index is 11.8. The van der Waals surface area contributed by atoms with E-state index in [0.717, 1.165) is 32.3 Å². The smallest absolute Gasteiger partial charge is 0.220 e. The molecule has 0 fully saturated rings. The molecule has 154 valence electrons. The Morgan fingerprint density at radius 2 is 1.62 bits per heavy atom. The van der Waals surface area contributed by atoms with Crippen LogP contribution < -0.4 is 10.6 Å². The molecule has 2 amide bonds. The first-order valence-electron chi connectivity index (χ1n) is 9.15. The van der Waals surface area contributed by atoms with Gasteiger partial charge in [0.1, 0.15) is 0 Å². The Bertz CT molecular complexity index is 399. The Hall–Kier alpha value is -0.0100. The molecular formula is C17H36N3O3PS2. The molecule has 0 rings (SSSR count).